The van der Waals surface area contributed by atoms with Crippen LogP contribution in [0.1, 0.15) is 42.0 Å². The molecule has 1 nitrogen and oxygen atoms in total. The molecule has 0 N–H and O–H groups in total. The lowest BCUT2D eigenvalue weighted by Gasteiger charge is -2.15. The second-order valence-electron chi connectivity index (χ2n) is 5.69. The van der Waals surface area contributed by atoms with Crippen molar-refractivity contribution in [1.82, 2.24) is 0 Å². The summed E-state index contributed by atoms with van der Waals surface area (Å²) in [5, 5.41) is 2.17. The van der Waals surface area contributed by atoms with Crippen LogP contribution < -0.4 is 0 Å². The predicted molar refractivity (Wildman–Crippen MR) is 100 cm³/mol. The van der Waals surface area contributed by atoms with E-state index in [9.17, 15) is 4.39 Å². The Kier molecular flexibility index (Phi) is 5.01. The van der Waals surface area contributed by atoms with Crippen LogP contribution in [0.2, 0.25) is 0 Å². The van der Waals surface area contributed by atoms with Gasteiger partial charge in [-0.05, 0) is 72.9 Å². The summed E-state index contributed by atoms with van der Waals surface area (Å²) < 4.78 is 13.8. The van der Waals surface area contributed by atoms with Crippen molar-refractivity contribution in [2.45, 2.75) is 26.2 Å². The van der Waals surface area contributed by atoms with Crippen molar-refractivity contribution < 1.29 is 4.39 Å². The van der Waals surface area contributed by atoms with Crippen molar-refractivity contribution in [1.29, 1.82) is 0 Å². The summed E-state index contributed by atoms with van der Waals surface area (Å²) in [4.78, 5) is 3.66. The standard InChI is InChI=1S/C21H16FNS/c1-2-15-5-8-19-12-16(6-9-18(19)11-15)3-4-17-7-10-21(23-14-24)20(22)13-17/h6-7,9-13H,2,5,8H2,1H3. The quantitative estimate of drug-likeness (QED) is 0.390. The fourth-order valence-corrected chi connectivity index (χ4v) is 2.87. The van der Waals surface area contributed by atoms with Gasteiger partial charge < -0.3 is 0 Å². The number of hydrogen-bond acceptors (Lipinski definition) is 2. The average Bonchev–Trinajstić information content (AvgIpc) is 2.61. The summed E-state index contributed by atoms with van der Waals surface area (Å²) in [6.07, 6.45) is 5.56. The molecule has 0 spiro atoms. The number of benzene rings is 2. The Labute approximate surface area is 146 Å². The topological polar surface area (TPSA) is 12.4 Å². The van der Waals surface area contributed by atoms with Crippen LogP contribution in [0.5, 0.6) is 0 Å². The minimum absolute atomic E-state index is 0.183. The highest BCUT2D eigenvalue weighted by atomic mass is 32.1. The molecule has 0 fully saturated rings. The number of aryl methyl sites for hydroxylation is 1. The third-order valence-electron chi connectivity index (χ3n) is 4.14. The van der Waals surface area contributed by atoms with Crippen LogP contribution in [0.25, 0.3) is 6.08 Å². The average molecular weight is 333 g/mol. The largest absolute Gasteiger partial charge is 0.205 e. The molecule has 118 valence electrons. The summed E-state index contributed by atoms with van der Waals surface area (Å²) in [6, 6.07) is 10.9. The van der Waals surface area contributed by atoms with Crippen molar-refractivity contribution >= 4 is 29.1 Å². The summed E-state index contributed by atoms with van der Waals surface area (Å²) >= 11 is 4.49. The number of isothiocyanates is 1. The van der Waals surface area contributed by atoms with Crippen LogP contribution >= 0.6 is 12.2 Å². The first kappa shape index (κ1) is 16.3. The maximum atomic E-state index is 13.8. The summed E-state index contributed by atoms with van der Waals surface area (Å²) in [7, 11) is 0. The predicted octanol–water partition coefficient (Wildman–Crippen LogP) is 5.70. The molecule has 0 heterocycles. The molecule has 3 rings (SSSR count). The zero-order valence-electron chi connectivity index (χ0n) is 13.4. The third-order valence-corrected chi connectivity index (χ3v) is 4.23. The van der Waals surface area contributed by atoms with Gasteiger partial charge >= 0.3 is 0 Å². The highest BCUT2D eigenvalue weighted by Crippen LogP contribution is 2.26. The summed E-state index contributed by atoms with van der Waals surface area (Å²) in [6.45, 7) is 2.19. The number of allylic oxidation sites excluding steroid dienone is 1. The smallest absolute Gasteiger partial charge is 0.150 e. The van der Waals surface area contributed by atoms with Gasteiger partial charge in [-0.15, -0.1) is 0 Å². The molecule has 24 heavy (non-hydrogen) atoms. The monoisotopic (exact) mass is 333 g/mol. The Morgan fingerprint density at radius 3 is 2.54 bits per heavy atom. The van der Waals surface area contributed by atoms with Crippen LogP contribution in [0.15, 0.2) is 47.0 Å². The number of thiocarbonyl (C=S) groups is 1. The molecule has 0 saturated carbocycles. The Balaban J connectivity index is 1.86. The van der Waals surface area contributed by atoms with Crippen molar-refractivity contribution in [2.75, 3.05) is 0 Å². The lowest BCUT2D eigenvalue weighted by Crippen LogP contribution is -1.99. The SMILES string of the molecule is CCC1=Cc2ccc(C#Cc3ccc(N=C=S)c(F)c3)cc2CC1. The van der Waals surface area contributed by atoms with Gasteiger partial charge in [-0.1, -0.05) is 36.5 Å². The second kappa shape index (κ2) is 7.36. The number of rotatable bonds is 2. The van der Waals surface area contributed by atoms with Gasteiger partial charge in [-0.2, -0.15) is 4.99 Å². The zero-order valence-corrected chi connectivity index (χ0v) is 14.2. The molecule has 0 atom stereocenters. The minimum Gasteiger partial charge on any atom is -0.205 e. The van der Waals surface area contributed by atoms with E-state index >= 15 is 0 Å². The van der Waals surface area contributed by atoms with E-state index in [1.54, 1.807) is 12.1 Å². The normalized spacial score (nSPS) is 12.3. The zero-order chi connectivity index (χ0) is 16.9. The Hall–Kier alpha value is -2.53. The maximum Gasteiger partial charge on any atom is 0.150 e. The van der Waals surface area contributed by atoms with E-state index in [1.807, 2.05) is 6.07 Å². The van der Waals surface area contributed by atoms with Crippen LogP contribution in [0.4, 0.5) is 10.1 Å². The van der Waals surface area contributed by atoms with Crippen LogP contribution in [0, 0.1) is 17.7 Å². The lowest BCUT2D eigenvalue weighted by atomic mass is 9.90. The number of fused-ring (bicyclic) bond motifs is 1. The number of halogens is 1. The molecule has 3 heteroatoms. The van der Waals surface area contributed by atoms with Crippen LogP contribution in [-0.2, 0) is 6.42 Å². The van der Waals surface area contributed by atoms with E-state index in [2.05, 4.69) is 59.3 Å². The van der Waals surface area contributed by atoms with Crippen LogP contribution in [-0.4, -0.2) is 5.16 Å². The number of nitrogens with zero attached hydrogens (tertiary/aromatic N) is 1. The van der Waals surface area contributed by atoms with Gasteiger partial charge in [-0.3, -0.25) is 0 Å². The van der Waals surface area contributed by atoms with E-state index in [0.29, 0.717) is 5.56 Å². The maximum absolute atomic E-state index is 13.8. The first-order valence-electron chi connectivity index (χ1n) is 7.91. The van der Waals surface area contributed by atoms with E-state index in [1.165, 1.54) is 22.8 Å². The molecule has 2 aromatic rings. The molecular formula is C21H16FNS. The molecule has 0 unspecified atom stereocenters. The molecule has 0 saturated heterocycles. The molecule has 0 bridgehead atoms. The highest BCUT2D eigenvalue weighted by molar-refractivity contribution is 7.78. The summed E-state index contributed by atoms with van der Waals surface area (Å²) in [5.74, 6) is 5.67. The second-order valence-corrected chi connectivity index (χ2v) is 5.87. The molecule has 0 radical (unpaired) electrons. The fraction of sp³-hybridized carbons (Fsp3) is 0.190. The molecule has 0 amide bonds. The van der Waals surface area contributed by atoms with Gasteiger partial charge in [0.15, 0.2) is 5.82 Å². The molecule has 0 aliphatic heterocycles. The third kappa shape index (κ3) is 3.68. The van der Waals surface area contributed by atoms with Gasteiger partial charge in [0.25, 0.3) is 0 Å². The Morgan fingerprint density at radius 1 is 1.08 bits per heavy atom. The number of aliphatic imine (C=N–C) groups is 1. The highest BCUT2D eigenvalue weighted by Gasteiger charge is 2.09. The molecule has 0 aromatic heterocycles. The van der Waals surface area contributed by atoms with E-state index < -0.39 is 5.82 Å². The minimum atomic E-state index is -0.443. The Morgan fingerprint density at radius 2 is 1.83 bits per heavy atom. The molecular weight excluding hydrogens is 317 g/mol. The number of hydrogen-bond donors (Lipinski definition) is 0. The summed E-state index contributed by atoms with van der Waals surface area (Å²) in [5.41, 5.74) is 5.86. The van der Waals surface area contributed by atoms with Gasteiger partial charge in [-0.25, -0.2) is 4.39 Å². The van der Waals surface area contributed by atoms with Crippen molar-refractivity contribution in [2.24, 2.45) is 4.99 Å². The van der Waals surface area contributed by atoms with E-state index in [-0.39, 0.29) is 5.69 Å². The van der Waals surface area contributed by atoms with Crippen molar-refractivity contribution in [3.05, 3.63) is 70.0 Å². The van der Waals surface area contributed by atoms with Crippen LogP contribution in [0.3, 0.4) is 0 Å². The van der Waals surface area contributed by atoms with Crippen molar-refractivity contribution in [3.63, 3.8) is 0 Å². The molecule has 1 aliphatic carbocycles. The Bertz CT molecular complexity index is 925. The first-order chi connectivity index (χ1) is 11.7. The van der Waals surface area contributed by atoms with Gasteiger partial charge in [0.2, 0.25) is 0 Å². The van der Waals surface area contributed by atoms with E-state index in [0.717, 1.165) is 24.8 Å². The van der Waals surface area contributed by atoms with Gasteiger partial charge in [0.1, 0.15) is 5.69 Å². The van der Waals surface area contributed by atoms with Crippen molar-refractivity contribution in [3.8, 4) is 11.8 Å². The molecule has 2 aromatic carbocycles. The van der Waals surface area contributed by atoms with Gasteiger partial charge in [0.05, 0.1) is 5.16 Å². The first-order valence-corrected chi connectivity index (χ1v) is 8.32. The lowest BCUT2D eigenvalue weighted by molar-refractivity contribution is 0.629. The van der Waals surface area contributed by atoms with E-state index in [4.69, 9.17) is 0 Å². The molecule has 1 aliphatic rings. The van der Waals surface area contributed by atoms with Gasteiger partial charge in [0, 0.05) is 11.1 Å². The fourth-order valence-electron chi connectivity index (χ4n) is 2.78.